The van der Waals surface area contributed by atoms with Gasteiger partial charge in [-0.2, -0.15) is 0 Å². The highest BCUT2D eigenvalue weighted by Crippen LogP contribution is 2.07. The third kappa shape index (κ3) is 1.36. The van der Waals surface area contributed by atoms with Gasteiger partial charge in [0.2, 0.25) is 0 Å². The summed E-state index contributed by atoms with van der Waals surface area (Å²) in [5.74, 6) is 0. The average Bonchev–Trinajstić information content (AvgIpc) is 1.64. The molecule has 0 atom stereocenters. The summed E-state index contributed by atoms with van der Waals surface area (Å²) in [4.78, 5) is 0. The normalized spacial score (nSPS) is 9.12. The first-order chi connectivity index (χ1) is 3.79. The summed E-state index contributed by atoms with van der Waals surface area (Å²) in [6.45, 7) is 0. The zero-order valence-electron chi connectivity index (χ0n) is 4.19. The fourth-order valence-corrected chi connectivity index (χ4v) is 0.999. The summed E-state index contributed by atoms with van der Waals surface area (Å²) in [6.07, 6.45) is 0. The van der Waals surface area contributed by atoms with E-state index in [-0.39, 0.29) is 0 Å². The summed E-state index contributed by atoms with van der Waals surface area (Å²) in [5.41, 5.74) is 6.20. The first-order valence-corrected chi connectivity index (χ1v) is 3.29. The van der Waals surface area contributed by atoms with E-state index in [2.05, 4.69) is 28.7 Å². The number of halogens is 1. The third-order valence-electron chi connectivity index (χ3n) is 0.776. The molecular weight excluding hydrogens is 213 g/mol. The molecule has 0 aliphatic rings. The highest BCUT2D eigenvalue weighted by Gasteiger charge is 1.83. The van der Waals surface area contributed by atoms with Crippen molar-refractivity contribution in [3.63, 3.8) is 0 Å². The Morgan fingerprint density at radius 1 is 1.50 bits per heavy atom. The molecule has 0 saturated heterocycles. The Balaban J connectivity index is 3.08. The van der Waals surface area contributed by atoms with Gasteiger partial charge >= 0.3 is 0 Å². The number of hydrogen-bond donors (Lipinski definition) is 1. The van der Waals surface area contributed by atoms with E-state index < -0.39 is 0 Å². The van der Waals surface area contributed by atoms with Gasteiger partial charge in [-0.1, -0.05) is 0 Å². The van der Waals surface area contributed by atoms with Crippen molar-refractivity contribution in [1.82, 2.24) is 0 Å². The van der Waals surface area contributed by atoms with Crippen LogP contribution in [0.4, 0.5) is 5.69 Å². The molecule has 0 bridgehead atoms. The van der Waals surface area contributed by atoms with Crippen molar-refractivity contribution in [2.24, 2.45) is 0 Å². The molecule has 1 aromatic rings. The molecule has 0 aromatic heterocycles. The second-order valence-corrected chi connectivity index (χ2v) is 2.73. The van der Waals surface area contributed by atoms with E-state index in [4.69, 9.17) is 5.73 Å². The van der Waals surface area contributed by atoms with Gasteiger partial charge in [-0.15, -0.1) is 0 Å². The van der Waals surface area contributed by atoms with Crippen LogP contribution in [0.15, 0.2) is 18.2 Å². The van der Waals surface area contributed by atoms with Crippen LogP contribution in [-0.4, -0.2) is 0 Å². The summed E-state index contributed by atoms with van der Waals surface area (Å²) in [7, 11) is 0. The first-order valence-electron chi connectivity index (χ1n) is 2.21. The van der Waals surface area contributed by atoms with Crippen molar-refractivity contribution in [1.29, 1.82) is 0 Å². The van der Waals surface area contributed by atoms with Gasteiger partial charge in [0.1, 0.15) is 0 Å². The lowest BCUT2D eigenvalue weighted by atomic mass is 10.3. The maximum absolute atomic E-state index is 5.42. The number of nitrogen functional groups attached to an aromatic ring is 1. The van der Waals surface area contributed by atoms with E-state index in [1.807, 2.05) is 12.1 Å². The SMILES string of the molecule is Nc1c[c]cc(I)c1. The highest BCUT2D eigenvalue weighted by molar-refractivity contribution is 14.1. The summed E-state index contributed by atoms with van der Waals surface area (Å²) in [5, 5.41) is 0. The first kappa shape index (κ1) is 5.88. The fraction of sp³-hybridized carbons (Fsp3) is 0. The van der Waals surface area contributed by atoms with Crippen molar-refractivity contribution in [2.75, 3.05) is 5.73 Å². The van der Waals surface area contributed by atoms with Crippen molar-refractivity contribution in [3.8, 4) is 0 Å². The minimum atomic E-state index is 0.775. The molecule has 0 spiro atoms. The Morgan fingerprint density at radius 3 is 2.62 bits per heavy atom. The molecule has 0 aliphatic heterocycles. The summed E-state index contributed by atoms with van der Waals surface area (Å²) in [6, 6.07) is 8.43. The minimum absolute atomic E-state index is 0.775. The van der Waals surface area contributed by atoms with Gasteiger partial charge in [0.15, 0.2) is 0 Å². The molecule has 1 rings (SSSR count). The van der Waals surface area contributed by atoms with Crippen LogP contribution in [0.2, 0.25) is 0 Å². The third-order valence-corrected chi connectivity index (χ3v) is 1.40. The fourth-order valence-electron chi connectivity index (χ4n) is 0.460. The Bertz CT molecular complexity index is 168. The molecule has 0 aliphatic carbocycles. The lowest BCUT2D eigenvalue weighted by molar-refractivity contribution is 1.62. The Labute approximate surface area is 62.0 Å². The molecule has 2 heteroatoms. The number of nitrogens with two attached hydrogens (primary N) is 1. The molecule has 0 unspecified atom stereocenters. The number of hydrogen-bond acceptors (Lipinski definition) is 1. The van der Waals surface area contributed by atoms with E-state index in [1.165, 1.54) is 0 Å². The molecule has 0 saturated carbocycles. The van der Waals surface area contributed by atoms with Gasteiger partial charge in [0, 0.05) is 9.26 Å². The quantitative estimate of drug-likeness (QED) is 0.520. The maximum Gasteiger partial charge on any atom is 0.0330 e. The molecular formula is C6H5IN. The number of rotatable bonds is 0. The predicted molar refractivity (Wildman–Crippen MR) is 42.4 cm³/mol. The standard InChI is InChI=1S/C6H5IN/c7-5-2-1-3-6(8)4-5/h2-4H,8H2. The van der Waals surface area contributed by atoms with Crippen molar-refractivity contribution < 1.29 is 0 Å². The van der Waals surface area contributed by atoms with Crippen LogP contribution in [-0.2, 0) is 0 Å². The van der Waals surface area contributed by atoms with Crippen LogP contribution in [0.25, 0.3) is 0 Å². The van der Waals surface area contributed by atoms with Crippen LogP contribution in [0, 0.1) is 9.64 Å². The van der Waals surface area contributed by atoms with E-state index in [9.17, 15) is 0 Å². The van der Waals surface area contributed by atoms with Crippen LogP contribution in [0.1, 0.15) is 0 Å². The predicted octanol–water partition coefficient (Wildman–Crippen LogP) is 1.67. The van der Waals surface area contributed by atoms with E-state index in [1.54, 1.807) is 6.07 Å². The molecule has 0 fully saturated rings. The monoisotopic (exact) mass is 218 g/mol. The topological polar surface area (TPSA) is 26.0 Å². The lowest BCUT2D eigenvalue weighted by Gasteiger charge is -1.89. The Morgan fingerprint density at radius 2 is 2.25 bits per heavy atom. The largest absolute Gasteiger partial charge is 0.399 e. The average molecular weight is 218 g/mol. The van der Waals surface area contributed by atoms with Gasteiger partial charge in [-0.05, 0) is 46.9 Å². The van der Waals surface area contributed by atoms with Crippen molar-refractivity contribution in [2.45, 2.75) is 0 Å². The molecule has 2 N–H and O–H groups in total. The summed E-state index contributed by atoms with van der Waals surface area (Å²) >= 11 is 2.19. The van der Waals surface area contributed by atoms with Gasteiger partial charge in [0.25, 0.3) is 0 Å². The van der Waals surface area contributed by atoms with E-state index >= 15 is 0 Å². The van der Waals surface area contributed by atoms with Gasteiger partial charge in [0.05, 0.1) is 0 Å². The zero-order valence-corrected chi connectivity index (χ0v) is 6.34. The van der Waals surface area contributed by atoms with Crippen LogP contribution in [0.5, 0.6) is 0 Å². The van der Waals surface area contributed by atoms with Gasteiger partial charge < -0.3 is 5.73 Å². The van der Waals surface area contributed by atoms with Crippen LogP contribution in [0.3, 0.4) is 0 Å². The zero-order chi connectivity index (χ0) is 5.98. The number of benzene rings is 1. The second kappa shape index (κ2) is 2.35. The van der Waals surface area contributed by atoms with E-state index in [0.29, 0.717) is 0 Å². The Kier molecular flexibility index (Phi) is 1.73. The van der Waals surface area contributed by atoms with E-state index in [0.717, 1.165) is 9.26 Å². The number of anilines is 1. The van der Waals surface area contributed by atoms with Crippen LogP contribution >= 0.6 is 22.6 Å². The highest BCUT2D eigenvalue weighted by atomic mass is 127. The Hall–Kier alpha value is -0.250. The molecule has 8 heavy (non-hydrogen) atoms. The molecule has 0 heterocycles. The molecule has 0 amide bonds. The van der Waals surface area contributed by atoms with Crippen molar-refractivity contribution >= 4 is 28.3 Å². The molecule has 41 valence electrons. The maximum atomic E-state index is 5.42. The smallest absolute Gasteiger partial charge is 0.0330 e. The molecule has 1 aromatic carbocycles. The summed E-state index contributed by atoms with van der Waals surface area (Å²) < 4.78 is 1.13. The second-order valence-electron chi connectivity index (χ2n) is 1.48. The van der Waals surface area contributed by atoms with Gasteiger partial charge in [-0.3, -0.25) is 0 Å². The van der Waals surface area contributed by atoms with Crippen LogP contribution < -0.4 is 5.73 Å². The minimum Gasteiger partial charge on any atom is -0.399 e. The van der Waals surface area contributed by atoms with Gasteiger partial charge in [-0.25, -0.2) is 0 Å². The molecule has 1 radical (unpaired) electrons. The molecule has 1 nitrogen and oxygen atoms in total. The van der Waals surface area contributed by atoms with Crippen molar-refractivity contribution in [3.05, 3.63) is 27.8 Å². The lowest BCUT2D eigenvalue weighted by Crippen LogP contribution is -1.82.